The van der Waals surface area contributed by atoms with Gasteiger partial charge in [-0.2, -0.15) is 0 Å². The van der Waals surface area contributed by atoms with Crippen molar-refractivity contribution < 1.29 is 18.4 Å². The molecule has 1 heterocycles. The number of aromatic nitrogens is 2. The number of aromatic amines is 1. The van der Waals surface area contributed by atoms with E-state index >= 15 is 0 Å². The van der Waals surface area contributed by atoms with Crippen LogP contribution in [0, 0.1) is 11.6 Å². The summed E-state index contributed by atoms with van der Waals surface area (Å²) in [5.74, 6) is -3.09. The van der Waals surface area contributed by atoms with Gasteiger partial charge in [0.05, 0.1) is 17.6 Å². The first-order chi connectivity index (χ1) is 13.5. The summed E-state index contributed by atoms with van der Waals surface area (Å²) >= 11 is 1.38. The maximum Gasteiger partial charge on any atom is 0.313 e. The lowest BCUT2D eigenvalue weighted by Gasteiger charge is -2.07. The van der Waals surface area contributed by atoms with Crippen molar-refractivity contribution in [3.8, 4) is 11.3 Å². The second-order valence-electron chi connectivity index (χ2n) is 5.65. The summed E-state index contributed by atoms with van der Waals surface area (Å²) in [6.07, 6.45) is 1.72. The third kappa shape index (κ3) is 5.17. The molecule has 9 heteroatoms. The monoisotopic (exact) mass is 402 g/mol. The molecule has 0 aliphatic heterocycles. The Labute approximate surface area is 163 Å². The summed E-state index contributed by atoms with van der Waals surface area (Å²) in [6.45, 7) is 0.198. The Balaban J connectivity index is 1.43. The predicted molar refractivity (Wildman–Crippen MR) is 103 cm³/mol. The molecule has 0 saturated carbocycles. The molecule has 3 aromatic rings. The minimum Gasteiger partial charge on any atom is -0.347 e. The molecule has 0 radical (unpaired) electrons. The maximum atomic E-state index is 13.5. The molecule has 0 aliphatic carbocycles. The zero-order chi connectivity index (χ0) is 19.9. The number of thioether (sulfide) groups is 1. The van der Waals surface area contributed by atoms with E-state index in [0.717, 1.165) is 29.5 Å². The molecule has 0 fully saturated rings. The Kier molecular flexibility index (Phi) is 6.38. The number of hydrogen-bond donors (Lipinski definition) is 3. The van der Waals surface area contributed by atoms with Gasteiger partial charge >= 0.3 is 11.8 Å². The van der Waals surface area contributed by atoms with Gasteiger partial charge in [0.2, 0.25) is 0 Å². The van der Waals surface area contributed by atoms with Gasteiger partial charge in [-0.05, 0) is 17.7 Å². The third-order valence-corrected chi connectivity index (χ3v) is 4.54. The molecular formula is C19H16F2N4O2S. The molecule has 0 atom stereocenters. The van der Waals surface area contributed by atoms with Gasteiger partial charge in [0.1, 0.15) is 11.6 Å². The number of anilines is 1. The largest absolute Gasteiger partial charge is 0.347 e. The van der Waals surface area contributed by atoms with Gasteiger partial charge in [0.15, 0.2) is 5.16 Å². The number of imidazole rings is 1. The number of hydrogen-bond acceptors (Lipinski definition) is 4. The molecule has 144 valence electrons. The van der Waals surface area contributed by atoms with Crippen LogP contribution in [0.3, 0.4) is 0 Å². The first-order valence-electron chi connectivity index (χ1n) is 8.30. The van der Waals surface area contributed by atoms with Gasteiger partial charge in [-0.25, -0.2) is 13.8 Å². The van der Waals surface area contributed by atoms with Crippen LogP contribution in [-0.2, 0) is 9.59 Å². The molecule has 28 heavy (non-hydrogen) atoms. The number of rotatable bonds is 6. The summed E-state index contributed by atoms with van der Waals surface area (Å²) in [7, 11) is 0. The Morgan fingerprint density at radius 3 is 2.64 bits per heavy atom. The van der Waals surface area contributed by atoms with Crippen LogP contribution in [0.5, 0.6) is 0 Å². The van der Waals surface area contributed by atoms with Crippen molar-refractivity contribution in [2.24, 2.45) is 0 Å². The first kappa shape index (κ1) is 19.6. The lowest BCUT2D eigenvalue weighted by molar-refractivity contribution is -0.136. The highest BCUT2D eigenvalue weighted by molar-refractivity contribution is 7.99. The van der Waals surface area contributed by atoms with E-state index in [-0.39, 0.29) is 6.54 Å². The highest BCUT2D eigenvalue weighted by atomic mass is 32.2. The number of nitrogens with zero attached hydrogens (tertiary/aromatic N) is 1. The molecule has 2 aromatic carbocycles. The molecule has 0 aliphatic rings. The van der Waals surface area contributed by atoms with E-state index < -0.39 is 29.1 Å². The molecule has 0 spiro atoms. The van der Waals surface area contributed by atoms with E-state index in [2.05, 4.69) is 15.3 Å². The number of nitrogens with one attached hydrogen (secondary N) is 3. The Morgan fingerprint density at radius 1 is 1.07 bits per heavy atom. The van der Waals surface area contributed by atoms with Gasteiger partial charge in [0, 0.05) is 18.4 Å². The average Bonchev–Trinajstić information content (AvgIpc) is 3.17. The van der Waals surface area contributed by atoms with E-state index in [1.54, 1.807) is 6.20 Å². The number of carbonyl (C=O) groups excluding carboxylic acids is 2. The summed E-state index contributed by atoms with van der Waals surface area (Å²) in [5.41, 5.74) is 1.50. The lowest BCUT2D eigenvalue weighted by Crippen LogP contribution is -2.36. The van der Waals surface area contributed by atoms with Gasteiger partial charge in [-0.15, -0.1) is 0 Å². The molecule has 1 aromatic heterocycles. The SMILES string of the molecule is O=C(NCCSc1ncc(-c2ccccc2)[nH]1)C(=O)Nc1cc(F)ccc1F. The first-order valence-corrected chi connectivity index (χ1v) is 9.29. The number of amides is 2. The standard InChI is InChI=1S/C19H16F2N4O2S/c20-13-6-7-14(21)15(10-13)24-18(27)17(26)22-8-9-28-19-23-11-16(25-19)12-4-2-1-3-5-12/h1-7,10-11H,8-9H2,(H,22,26)(H,23,25)(H,24,27). The fourth-order valence-corrected chi connectivity index (χ4v) is 3.01. The zero-order valence-corrected chi connectivity index (χ0v) is 15.4. The zero-order valence-electron chi connectivity index (χ0n) is 14.5. The summed E-state index contributed by atoms with van der Waals surface area (Å²) < 4.78 is 26.6. The minimum absolute atomic E-state index is 0.198. The van der Waals surface area contributed by atoms with Crippen molar-refractivity contribution in [3.63, 3.8) is 0 Å². The molecule has 0 unspecified atom stereocenters. The van der Waals surface area contributed by atoms with Crippen LogP contribution in [0.15, 0.2) is 59.9 Å². The van der Waals surface area contributed by atoms with Crippen LogP contribution >= 0.6 is 11.8 Å². The van der Waals surface area contributed by atoms with Crippen molar-refractivity contribution in [1.29, 1.82) is 0 Å². The van der Waals surface area contributed by atoms with E-state index in [1.807, 2.05) is 35.6 Å². The van der Waals surface area contributed by atoms with E-state index in [0.29, 0.717) is 10.9 Å². The van der Waals surface area contributed by atoms with Crippen molar-refractivity contribution in [2.75, 3.05) is 17.6 Å². The van der Waals surface area contributed by atoms with Crippen LogP contribution in [0.1, 0.15) is 0 Å². The topological polar surface area (TPSA) is 86.9 Å². The summed E-state index contributed by atoms with van der Waals surface area (Å²) in [5, 5.41) is 5.14. The molecule has 3 N–H and O–H groups in total. The number of H-pyrrole nitrogens is 1. The number of carbonyl (C=O) groups is 2. The maximum absolute atomic E-state index is 13.5. The van der Waals surface area contributed by atoms with Crippen LogP contribution in [-0.4, -0.2) is 34.1 Å². The van der Waals surface area contributed by atoms with Crippen LogP contribution in [0.2, 0.25) is 0 Å². The predicted octanol–water partition coefficient (Wildman–Crippen LogP) is 3.20. The normalized spacial score (nSPS) is 10.5. The Morgan fingerprint density at radius 2 is 1.86 bits per heavy atom. The summed E-state index contributed by atoms with van der Waals surface area (Å²) in [4.78, 5) is 31.0. The average molecular weight is 402 g/mol. The molecule has 3 rings (SSSR count). The fourth-order valence-electron chi connectivity index (χ4n) is 2.31. The van der Waals surface area contributed by atoms with Gasteiger partial charge in [-0.1, -0.05) is 42.1 Å². The Bertz CT molecular complexity index is 979. The van der Waals surface area contributed by atoms with E-state index in [9.17, 15) is 18.4 Å². The van der Waals surface area contributed by atoms with Crippen LogP contribution < -0.4 is 10.6 Å². The van der Waals surface area contributed by atoms with Crippen molar-refractivity contribution in [2.45, 2.75) is 5.16 Å². The van der Waals surface area contributed by atoms with Crippen LogP contribution in [0.4, 0.5) is 14.5 Å². The second kappa shape index (κ2) is 9.14. The summed E-state index contributed by atoms with van der Waals surface area (Å²) in [6, 6.07) is 12.3. The van der Waals surface area contributed by atoms with E-state index in [4.69, 9.17) is 0 Å². The van der Waals surface area contributed by atoms with Crippen molar-refractivity contribution >= 4 is 29.3 Å². The van der Waals surface area contributed by atoms with Gasteiger partial charge in [0.25, 0.3) is 0 Å². The van der Waals surface area contributed by atoms with Crippen molar-refractivity contribution in [3.05, 3.63) is 66.4 Å². The molecule has 0 bridgehead atoms. The number of benzene rings is 2. The van der Waals surface area contributed by atoms with Crippen LogP contribution in [0.25, 0.3) is 11.3 Å². The lowest BCUT2D eigenvalue weighted by atomic mass is 10.2. The smallest absolute Gasteiger partial charge is 0.313 e. The highest BCUT2D eigenvalue weighted by Crippen LogP contribution is 2.20. The quantitative estimate of drug-likeness (QED) is 0.336. The van der Waals surface area contributed by atoms with E-state index in [1.165, 1.54) is 11.8 Å². The second-order valence-corrected chi connectivity index (χ2v) is 6.73. The molecule has 0 saturated heterocycles. The third-order valence-electron chi connectivity index (χ3n) is 3.65. The molecule has 2 amide bonds. The highest BCUT2D eigenvalue weighted by Gasteiger charge is 2.15. The van der Waals surface area contributed by atoms with Gasteiger partial charge < -0.3 is 15.6 Å². The molecular weight excluding hydrogens is 386 g/mol. The van der Waals surface area contributed by atoms with Gasteiger partial charge in [-0.3, -0.25) is 9.59 Å². The number of halogens is 2. The van der Waals surface area contributed by atoms with Crippen molar-refractivity contribution in [1.82, 2.24) is 15.3 Å². The molecule has 6 nitrogen and oxygen atoms in total. The fraction of sp³-hybridized carbons (Fsp3) is 0.105. The Hall–Kier alpha value is -3.20. The minimum atomic E-state index is -1.07.